The van der Waals surface area contributed by atoms with Crippen LogP contribution >= 0.6 is 0 Å². The van der Waals surface area contributed by atoms with E-state index >= 15 is 0 Å². The molecule has 1 unspecified atom stereocenters. The molecule has 0 saturated heterocycles. The highest BCUT2D eigenvalue weighted by atomic mass is 15.6. The summed E-state index contributed by atoms with van der Waals surface area (Å²) in [7, 11) is 1.77. The summed E-state index contributed by atoms with van der Waals surface area (Å²) in [4.78, 5) is 5.93. The molecule has 1 N–H and O–H groups in total. The van der Waals surface area contributed by atoms with Gasteiger partial charge in [0.2, 0.25) is 0 Å². The van der Waals surface area contributed by atoms with Gasteiger partial charge >= 0.3 is 0 Å². The summed E-state index contributed by atoms with van der Waals surface area (Å²) < 4.78 is 0. The van der Waals surface area contributed by atoms with Crippen LogP contribution in [0.25, 0.3) is 0 Å². The van der Waals surface area contributed by atoms with Crippen LogP contribution < -0.4 is 5.32 Å². The monoisotopic (exact) mass is 246 g/mol. The minimum absolute atomic E-state index is 0.125. The fourth-order valence-corrected chi connectivity index (χ4v) is 1.96. The fraction of sp³-hybridized carbons (Fsp3) is 0.500. The summed E-state index contributed by atoms with van der Waals surface area (Å²) in [6, 6.07) is 4.14. The normalized spacial score (nSPS) is 12.6. The molecule has 0 spiro atoms. The molecular formula is C12H18N6. The van der Waals surface area contributed by atoms with E-state index in [2.05, 4.69) is 45.6 Å². The van der Waals surface area contributed by atoms with Crippen molar-refractivity contribution < 1.29 is 0 Å². The van der Waals surface area contributed by atoms with E-state index in [-0.39, 0.29) is 6.04 Å². The van der Waals surface area contributed by atoms with Crippen LogP contribution in [0.15, 0.2) is 18.3 Å². The van der Waals surface area contributed by atoms with Crippen LogP contribution in [0.4, 0.5) is 0 Å². The van der Waals surface area contributed by atoms with Gasteiger partial charge in [0, 0.05) is 12.6 Å². The average molecular weight is 246 g/mol. The molecule has 0 aliphatic carbocycles. The fourth-order valence-electron chi connectivity index (χ4n) is 1.96. The lowest BCUT2D eigenvalue weighted by Crippen LogP contribution is -2.25. The highest BCUT2D eigenvalue weighted by Crippen LogP contribution is 2.17. The lowest BCUT2D eigenvalue weighted by Gasteiger charge is -2.17. The van der Waals surface area contributed by atoms with Crippen molar-refractivity contribution in [3.63, 3.8) is 0 Å². The number of aryl methyl sites for hydroxylation is 2. The molecule has 96 valence electrons. The second-order valence-corrected chi connectivity index (χ2v) is 4.22. The number of tetrazole rings is 1. The summed E-state index contributed by atoms with van der Waals surface area (Å²) in [5.41, 5.74) is 2.22. The number of hydrogen-bond acceptors (Lipinski definition) is 5. The molecule has 2 heterocycles. The molecule has 0 radical (unpaired) electrons. The molecule has 6 heteroatoms. The molecule has 2 rings (SSSR count). The maximum absolute atomic E-state index is 4.45. The third-order valence-electron chi connectivity index (χ3n) is 2.77. The Morgan fingerprint density at radius 2 is 2.28 bits per heavy atom. The highest BCUT2D eigenvalue weighted by molar-refractivity contribution is 5.21. The Hall–Kier alpha value is -1.82. The molecule has 18 heavy (non-hydrogen) atoms. The first-order valence-electron chi connectivity index (χ1n) is 6.08. The van der Waals surface area contributed by atoms with Crippen LogP contribution in [0, 0.1) is 6.92 Å². The zero-order valence-corrected chi connectivity index (χ0v) is 11.0. The highest BCUT2D eigenvalue weighted by Gasteiger charge is 2.17. The van der Waals surface area contributed by atoms with Gasteiger partial charge in [-0.2, -0.15) is 4.80 Å². The molecule has 0 aliphatic heterocycles. The van der Waals surface area contributed by atoms with Crippen molar-refractivity contribution in [1.29, 1.82) is 0 Å². The van der Waals surface area contributed by atoms with E-state index in [1.165, 1.54) is 10.4 Å². The Labute approximate surface area is 106 Å². The molecule has 0 amide bonds. The van der Waals surface area contributed by atoms with E-state index in [0.29, 0.717) is 6.42 Å². The van der Waals surface area contributed by atoms with Gasteiger partial charge in [0.25, 0.3) is 0 Å². The van der Waals surface area contributed by atoms with Crippen LogP contribution in [0.3, 0.4) is 0 Å². The number of pyridine rings is 1. The molecule has 0 saturated carbocycles. The van der Waals surface area contributed by atoms with Gasteiger partial charge in [-0.25, -0.2) is 0 Å². The molecule has 2 aromatic heterocycles. The van der Waals surface area contributed by atoms with Gasteiger partial charge in [0.05, 0.1) is 18.8 Å². The molecular weight excluding hydrogens is 228 g/mol. The Morgan fingerprint density at radius 3 is 2.89 bits per heavy atom. The molecule has 6 nitrogen and oxygen atoms in total. The Bertz CT molecular complexity index is 507. The first kappa shape index (κ1) is 12.6. The second-order valence-electron chi connectivity index (χ2n) is 4.22. The predicted octanol–water partition coefficient (Wildman–Crippen LogP) is 0.807. The van der Waals surface area contributed by atoms with E-state index < -0.39 is 0 Å². The minimum Gasteiger partial charge on any atom is -0.309 e. The van der Waals surface area contributed by atoms with E-state index in [4.69, 9.17) is 0 Å². The lowest BCUT2D eigenvalue weighted by atomic mass is 10.0. The average Bonchev–Trinajstić information content (AvgIpc) is 2.75. The van der Waals surface area contributed by atoms with E-state index in [0.717, 1.165) is 18.1 Å². The minimum atomic E-state index is 0.125. The standard InChI is InChI=1S/C12H18N6/c1-4-13-10(8-11-15-17-18(3)16-11)12-9(2)6-5-7-14-12/h5-7,10,13H,4,8H2,1-3H3. The molecule has 2 aromatic rings. The number of rotatable bonds is 5. The zero-order chi connectivity index (χ0) is 13.0. The van der Waals surface area contributed by atoms with Gasteiger partial charge < -0.3 is 5.32 Å². The number of nitrogens with zero attached hydrogens (tertiary/aromatic N) is 5. The molecule has 0 aromatic carbocycles. The summed E-state index contributed by atoms with van der Waals surface area (Å²) in [5.74, 6) is 0.730. The quantitative estimate of drug-likeness (QED) is 0.845. The van der Waals surface area contributed by atoms with Crippen LogP contribution in [-0.4, -0.2) is 31.7 Å². The van der Waals surface area contributed by atoms with Crippen LogP contribution in [-0.2, 0) is 13.5 Å². The zero-order valence-electron chi connectivity index (χ0n) is 11.0. The largest absolute Gasteiger partial charge is 0.309 e. The van der Waals surface area contributed by atoms with Crippen molar-refractivity contribution >= 4 is 0 Å². The number of nitrogens with one attached hydrogen (secondary N) is 1. The summed E-state index contributed by atoms with van der Waals surface area (Å²) in [5, 5.41) is 15.5. The molecule has 0 aliphatic rings. The van der Waals surface area contributed by atoms with Crippen LogP contribution in [0.2, 0.25) is 0 Å². The maximum Gasteiger partial charge on any atom is 0.176 e. The Morgan fingerprint density at radius 1 is 1.44 bits per heavy atom. The summed E-state index contributed by atoms with van der Waals surface area (Å²) in [6.45, 7) is 5.02. The third-order valence-corrected chi connectivity index (χ3v) is 2.77. The van der Waals surface area contributed by atoms with Crippen molar-refractivity contribution in [3.05, 3.63) is 35.4 Å². The van der Waals surface area contributed by atoms with Crippen molar-refractivity contribution in [2.45, 2.75) is 26.3 Å². The Balaban J connectivity index is 2.20. The smallest absolute Gasteiger partial charge is 0.176 e. The van der Waals surface area contributed by atoms with Gasteiger partial charge in [0.1, 0.15) is 0 Å². The number of likely N-dealkylation sites (N-methyl/N-ethyl adjacent to an activating group) is 1. The van der Waals surface area contributed by atoms with Crippen LogP contribution in [0.1, 0.15) is 30.0 Å². The van der Waals surface area contributed by atoms with Crippen molar-refractivity contribution in [2.75, 3.05) is 6.54 Å². The van der Waals surface area contributed by atoms with Crippen LogP contribution in [0.5, 0.6) is 0 Å². The van der Waals surface area contributed by atoms with Crippen molar-refractivity contribution in [1.82, 2.24) is 30.5 Å². The molecule has 0 bridgehead atoms. The Kier molecular flexibility index (Phi) is 3.99. The van der Waals surface area contributed by atoms with Gasteiger partial charge in [-0.05, 0) is 30.3 Å². The topological polar surface area (TPSA) is 68.5 Å². The predicted molar refractivity (Wildman–Crippen MR) is 67.9 cm³/mol. The first-order chi connectivity index (χ1) is 8.70. The van der Waals surface area contributed by atoms with E-state index in [1.54, 1.807) is 7.05 Å². The van der Waals surface area contributed by atoms with E-state index in [1.807, 2.05) is 12.3 Å². The number of hydrogen-bond donors (Lipinski definition) is 1. The number of aromatic nitrogens is 5. The van der Waals surface area contributed by atoms with E-state index in [9.17, 15) is 0 Å². The lowest BCUT2D eigenvalue weighted by molar-refractivity contribution is 0.520. The van der Waals surface area contributed by atoms with Gasteiger partial charge in [-0.3, -0.25) is 4.98 Å². The second kappa shape index (κ2) is 5.68. The van der Waals surface area contributed by atoms with Gasteiger partial charge in [-0.15, -0.1) is 10.2 Å². The SMILES string of the molecule is CCNC(Cc1nnn(C)n1)c1ncccc1C. The van der Waals surface area contributed by atoms with Crippen molar-refractivity contribution in [2.24, 2.45) is 7.05 Å². The van der Waals surface area contributed by atoms with Gasteiger partial charge in [0.15, 0.2) is 5.82 Å². The van der Waals surface area contributed by atoms with Crippen molar-refractivity contribution in [3.8, 4) is 0 Å². The summed E-state index contributed by atoms with van der Waals surface area (Å²) >= 11 is 0. The molecule has 0 fully saturated rings. The summed E-state index contributed by atoms with van der Waals surface area (Å²) in [6.07, 6.45) is 2.51. The molecule has 1 atom stereocenters. The maximum atomic E-state index is 4.45. The first-order valence-corrected chi connectivity index (χ1v) is 6.08. The van der Waals surface area contributed by atoms with Gasteiger partial charge in [-0.1, -0.05) is 13.0 Å². The third kappa shape index (κ3) is 2.89.